The number of benzene rings is 1. The van der Waals surface area contributed by atoms with E-state index in [4.69, 9.17) is 20.8 Å². The Balaban J connectivity index is 2.20. The largest absolute Gasteiger partial charge is 0.444 e. The fourth-order valence-corrected chi connectivity index (χ4v) is 3.66. The first-order valence-corrected chi connectivity index (χ1v) is 10.7. The first kappa shape index (κ1) is 22.2. The van der Waals surface area contributed by atoms with Crippen LogP contribution in [0.4, 0.5) is 4.79 Å². The molecule has 8 nitrogen and oxygen atoms in total. The summed E-state index contributed by atoms with van der Waals surface area (Å²) in [5.74, 6) is -0.483. The summed E-state index contributed by atoms with van der Waals surface area (Å²) in [5, 5.41) is 10.0. The Labute approximate surface area is 169 Å². The van der Waals surface area contributed by atoms with E-state index in [-0.39, 0.29) is 17.6 Å². The molecule has 10 heteroatoms. The summed E-state index contributed by atoms with van der Waals surface area (Å²) in [6, 6.07) is 5.81. The molecule has 1 heterocycles. The van der Waals surface area contributed by atoms with Crippen molar-refractivity contribution in [2.45, 2.75) is 57.2 Å². The molecule has 1 N–H and O–H groups in total. The van der Waals surface area contributed by atoms with Crippen molar-refractivity contribution in [2.24, 2.45) is 5.92 Å². The molecule has 0 unspecified atom stereocenters. The van der Waals surface area contributed by atoms with Crippen LogP contribution in [0.5, 0.6) is 0 Å². The Morgan fingerprint density at radius 3 is 2.54 bits per heavy atom. The molecular weight excluding hydrogens is 406 g/mol. The number of nitrogens with zero attached hydrogens (tertiary/aromatic N) is 2. The van der Waals surface area contributed by atoms with Crippen LogP contribution < -0.4 is 5.32 Å². The van der Waals surface area contributed by atoms with Crippen molar-refractivity contribution in [3.8, 4) is 0 Å². The lowest BCUT2D eigenvalue weighted by Gasteiger charge is -2.23. The molecule has 2 rings (SSSR count). The van der Waals surface area contributed by atoms with E-state index in [1.165, 1.54) is 0 Å². The summed E-state index contributed by atoms with van der Waals surface area (Å²) in [4.78, 5) is 12.1. The predicted molar refractivity (Wildman–Crippen MR) is 104 cm³/mol. The third-order valence-electron chi connectivity index (χ3n) is 3.54. The van der Waals surface area contributed by atoms with Crippen LogP contribution in [0.25, 0.3) is 0 Å². The van der Waals surface area contributed by atoms with Crippen LogP contribution in [-0.4, -0.2) is 30.3 Å². The van der Waals surface area contributed by atoms with E-state index in [2.05, 4.69) is 15.5 Å². The molecule has 1 aromatic heterocycles. The fraction of sp³-hybridized carbons (Fsp3) is 0.500. The van der Waals surface area contributed by atoms with Crippen molar-refractivity contribution >= 4 is 27.5 Å². The number of alkyl carbamates (subject to hydrolysis) is 1. The van der Waals surface area contributed by atoms with Gasteiger partial charge in [-0.2, -0.15) is 0 Å². The molecule has 0 saturated heterocycles. The van der Waals surface area contributed by atoms with E-state index in [9.17, 15) is 13.2 Å². The molecule has 0 aliphatic carbocycles. The highest BCUT2D eigenvalue weighted by Gasteiger charge is 2.30. The van der Waals surface area contributed by atoms with Gasteiger partial charge in [-0.15, -0.1) is 5.10 Å². The van der Waals surface area contributed by atoms with Gasteiger partial charge >= 0.3 is 11.3 Å². The van der Waals surface area contributed by atoms with Crippen LogP contribution in [0.15, 0.2) is 33.9 Å². The average molecular weight is 430 g/mol. The summed E-state index contributed by atoms with van der Waals surface area (Å²) in [6.07, 6.45) is -0.660. The van der Waals surface area contributed by atoms with Crippen molar-refractivity contribution < 1.29 is 22.4 Å². The fourth-order valence-electron chi connectivity index (χ4n) is 2.33. The van der Waals surface area contributed by atoms with Crippen molar-refractivity contribution in [3.63, 3.8) is 0 Å². The maximum absolute atomic E-state index is 12.6. The Bertz CT molecular complexity index is 935. The second-order valence-electron chi connectivity index (χ2n) is 7.66. The highest BCUT2D eigenvalue weighted by Crippen LogP contribution is 2.24. The van der Waals surface area contributed by atoms with E-state index in [0.717, 1.165) is 0 Å². The van der Waals surface area contributed by atoms with Gasteiger partial charge in [0.15, 0.2) is 0 Å². The minimum atomic E-state index is -3.87. The van der Waals surface area contributed by atoms with Crippen LogP contribution in [0.2, 0.25) is 5.02 Å². The summed E-state index contributed by atoms with van der Waals surface area (Å²) in [5.41, 5.74) is -0.175. The summed E-state index contributed by atoms with van der Waals surface area (Å²) >= 11 is 5.90. The van der Waals surface area contributed by atoms with Gasteiger partial charge in [0.25, 0.3) is 0 Å². The van der Waals surface area contributed by atoms with Gasteiger partial charge in [-0.3, -0.25) is 0 Å². The zero-order valence-electron chi connectivity index (χ0n) is 16.4. The smallest absolute Gasteiger partial charge is 0.408 e. The van der Waals surface area contributed by atoms with E-state index in [1.807, 2.05) is 13.8 Å². The van der Waals surface area contributed by atoms with Gasteiger partial charge in [-0.05, 0) is 44.4 Å². The number of ether oxygens (including phenoxy) is 1. The molecule has 0 spiro atoms. The Kier molecular flexibility index (Phi) is 6.71. The van der Waals surface area contributed by atoms with Crippen molar-refractivity contribution in [3.05, 3.63) is 40.7 Å². The lowest BCUT2D eigenvalue weighted by molar-refractivity contribution is 0.0477. The predicted octanol–water partition coefficient (Wildman–Crippen LogP) is 3.92. The molecule has 0 aliphatic heterocycles. The highest BCUT2D eigenvalue weighted by atomic mass is 35.5. The molecule has 2 aromatic rings. The lowest BCUT2D eigenvalue weighted by Crippen LogP contribution is -2.37. The van der Waals surface area contributed by atoms with Gasteiger partial charge in [0, 0.05) is 5.02 Å². The van der Waals surface area contributed by atoms with E-state index >= 15 is 0 Å². The first-order chi connectivity index (χ1) is 12.9. The second kappa shape index (κ2) is 8.48. The quantitative estimate of drug-likeness (QED) is 0.740. The maximum atomic E-state index is 12.6. The minimum Gasteiger partial charge on any atom is -0.444 e. The Morgan fingerprint density at radius 1 is 1.29 bits per heavy atom. The number of hydrogen-bond acceptors (Lipinski definition) is 7. The topological polar surface area (TPSA) is 111 Å². The molecule has 1 amide bonds. The van der Waals surface area contributed by atoms with Crippen LogP contribution >= 0.6 is 11.6 Å². The zero-order chi connectivity index (χ0) is 21.1. The monoisotopic (exact) mass is 429 g/mol. The molecule has 0 fully saturated rings. The average Bonchev–Trinajstić information content (AvgIpc) is 3.00. The molecule has 1 aromatic carbocycles. The third-order valence-corrected chi connectivity index (χ3v) is 5.18. The number of amides is 1. The second-order valence-corrected chi connectivity index (χ2v) is 9.97. The zero-order valence-corrected chi connectivity index (χ0v) is 18.0. The van der Waals surface area contributed by atoms with E-state index < -0.39 is 32.8 Å². The molecular formula is C18H24ClN3O5S. The van der Waals surface area contributed by atoms with Crippen molar-refractivity contribution in [2.75, 3.05) is 0 Å². The van der Waals surface area contributed by atoms with Gasteiger partial charge in [-0.1, -0.05) is 42.7 Å². The minimum absolute atomic E-state index is 0.00877. The number of aromatic nitrogens is 2. The van der Waals surface area contributed by atoms with Gasteiger partial charge in [0.2, 0.25) is 15.7 Å². The molecule has 0 saturated carbocycles. The molecule has 0 aliphatic rings. The SMILES string of the molecule is CC(C)[C@H](NC(=O)OC(C)(C)C)c1nnc(S(=O)(=O)Cc2cccc(Cl)c2)o1. The number of nitrogens with one attached hydrogen (secondary N) is 1. The molecule has 0 bridgehead atoms. The highest BCUT2D eigenvalue weighted by molar-refractivity contribution is 7.90. The summed E-state index contributed by atoms with van der Waals surface area (Å²) < 4.78 is 35.8. The van der Waals surface area contributed by atoms with Crippen LogP contribution in [0.1, 0.15) is 52.1 Å². The molecule has 28 heavy (non-hydrogen) atoms. The number of sulfone groups is 1. The van der Waals surface area contributed by atoms with Gasteiger partial charge in [0.05, 0.1) is 5.75 Å². The van der Waals surface area contributed by atoms with Crippen LogP contribution in [0.3, 0.4) is 0 Å². The number of carbonyl (C=O) groups excluding carboxylic acids is 1. The van der Waals surface area contributed by atoms with Crippen molar-refractivity contribution in [1.82, 2.24) is 15.5 Å². The number of hydrogen-bond donors (Lipinski definition) is 1. The normalized spacial score (nSPS) is 13.4. The summed E-state index contributed by atoms with van der Waals surface area (Å²) in [6.45, 7) is 8.87. The molecule has 1 atom stereocenters. The van der Waals surface area contributed by atoms with Crippen LogP contribution in [0, 0.1) is 5.92 Å². The Hall–Kier alpha value is -2.13. The number of carbonyl (C=O) groups is 1. The van der Waals surface area contributed by atoms with Crippen LogP contribution in [-0.2, 0) is 20.3 Å². The summed E-state index contributed by atoms with van der Waals surface area (Å²) in [7, 11) is -3.87. The van der Waals surface area contributed by atoms with Gasteiger partial charge in [-0.25, -0.2) is 13.2 Å². The van der Waals surface area contributed by atoms with Gasteiger partial charge in [0.1, 0.15) is 11.6 Å². The third kappa shape index (κ3) is 6.20. The standard InChI is InChI=1S/C18H24ClN3O5S/c1-11(2)14(20-16(23)27-18(3,4)5)15-21-22-17(26-15)28(24,25)10-12-7-6-8-13(19)9-12/h6-9,11,14H,10H2,1-5H3,(H,20,23)/t14-/m0/s1. The van der Waals surface area contributed by atoms with Gasteiger partial charge < -0.3 is 14.5 Å². The van der Waals surface area contributed by atoms with E-state index in [1.54, 1.807) is 45.0 Å². The lowest BCUT2D eigenvalue weighted by atomic mass is 10.1. The Morgan fingerprint density at radius 2 is 1.96 bits per heavy atom. The molecule has 154 valence electrons. The van der Waals surface area contributed by atoms with Crippen molar-refractivity contribution in [1.29, 1.82) is 0 Å². The number of halogens is 1. The molecule has 0 radical (unpaired) electrons. The van der Waals surface area contributed by atoms with E-state index in [0.29, 0.717) is 10.6 Å². The number of rotatable bonds is 6. The first-order valence-electron chi connectivity index (χ1n) is 8.67. The maximum Gasteiger partial charge on any atom is 0.408 e.